The summed E-state index contributed by atoms with van der Waals surface area (Å²) in [5.74, 6) is 1.85. The van der Waals surface area contributed by atoms with E-state index in [0.29, 0.717) is 23.0 Å². The summed E-state index contributed by atoms with van der Waals surface area (Å²) >= 11 is 0. The third-order valence-corrected chi connectivity index (χ3v) is 4.55. The van der Waals surface area contributed by atoms with E-state index >= 15 is 0 Å². The lowest BCUT2D eigenvalue weighted by Crippen LogP contribution is -2.02. The Morgan fingerprint density at radius 1 is 1.17 bits per heavy atom. The summed E-state index contributed by atoms with van der Waals surface area (Å²) in [6.07, 6.45) is 3.37. The van der Waals surface area contributed by atoms with Crippen LogP contribution in [0.4, 0.5) is 17.5 Å². The lowest BCUT2D eigenvalue weighted by Gasteiger charge is -2.12. The molecular formula is C21H19N7O. The number of nitriles is 1. The van der Waals surface area contributed by atoms with Crippen LogP contribution in [0, 0.1) is 18.3 Å². The minimum Gasteiger partial charge on any atom is -0.496 e. The minimum absolute atomic E-state index is 0.479. The molecule has 8 heteroatoms. The Labute approximate surface area is 167 Å². The molecule has 0 saturated carbocycles. The molecule has 0 atom stereocenters. The Morgan fingerprint density at radius 2 is 2.03 bits per heavy atom. The quantitative estimate of drug-likeness (QED) is 0.476. The van der Waals surface area contributed by atoms with Gasteiger partial charge in [-0.25, -0.2) is 4.98 Å². The van der Waals surface area contributed by atoms with Gasteiger partial charge in [0.25, 0.3) is 0 Å². The summed E-state index contributed by atoms with van der Waals surface area (Å²) in [6, 6.07) is 11.6. The number of pyridine rings is 1. The monoisotopic (exact) mass is 385 g/mol. The summed E-state index contributed by atoms with van der Waals surface area (Å²) in [7, 11) is 3.41. The SMILES string of the molecule is CNc1cc(C)nc(Nc2ccc(OC)c(-c3[nH]c4cnccc4c3C#N)c2)n1. The van der Waals surface area contributed by atoms with E-state index in [2.05, 4.69) is 36.6 Å². The van der Waals surface area contributed by atoms with Crippen molar-refractivity contribution in [1.29, 1.82) is 5.26 Å². The van der Waals surface area contributed by atoms with Crippen LogP contribution in [0.5, 0.6) is 5.75 Å². The number of benzene rings is 1. The van der Waals surface area contributed by atoms with E-state index in [1.165, 1.54) is 0 Å². The number of fused-ring (bicyclic) bond motifs is 1. The highest BCUT2D eigenvalue weighted by molar-refractivity contribution is 5.94. The molecule has 3 heterocycles. The lowest BCUT2D eigenvalue weighted by atomic mass is 10.0. The van der Waals surface area contributed by atoms with E-state index in [1.54, 1.807) is 19.5 Å². The zero-order valence-corrected chi connectivity index (χ0v) is 16.2. The highest BCUT2D eigenvalue weighted by atomic mass is 16.5. The van der Waals surface area contributed by atoms with Gasteiger partial charge in [0, 0.05) is 41.6 Å². The van der Waals surface area contributed by atoms with Crippen LogP contribution in [0.25, 0.3) is 22.2 Å². The molecule has 144 valence electrons. The highest BCUT2D eigenvalue weighted by Crippen LogP contribution is 2.37. The number of methoxy groups -OCH3 is 1. The van der Waals surface area contributed by atoms with Crippen molar-refractivity contribution in [2.75, 3.05) is 24.8 Å². The maximum atomic E-state index is 9.75. The number of aryl methyl sites for hydroxylation is 1. The van der Waals surface area contributed by atoms with Crippen molar-refractivity contribution in [2.45, 2.75) is 6.92 Å². The fourth-order valence-corrected chi connectivity index (χ4v) is 3.22. The molecule has 0 saturated heterocycles. The summed E-state index contributed by atoms with van der Waals surface area (Å²) in [5.41, 5.74) is 4.38. The summed E-state index contributed by atoms with van der Waals surface area (Å²) in [6.45, 7) is 1.91. The Kier molecular flexibility index (Phi) is 4.71. The number of ether oxygens (including phenoxy) is 1. The molecule has 0 spiro atoms. The molecule has 0 aliphatic heterocycles. The van der Waals surface area contributed by atoms with Crippen LogP contribution in [-0.2, 0) is 0 Å². The predicted octanol–water partition coefficient (Wildman–Crippen LogP) is 3.99. The van der Waals surface area contributed by atoms with E-state index in [0.717, 1.165) is 33.7 Å². The molecule has 3 N–H and O–H groups in total. The van der Waals surface area contributed by atoms with Gasteiger partial charge >= 0.3 is 0 Å². The van der Waals surface area contributed by atoms with Gasteiger partial charge in [-0.1, -0.05) is 0 Å². The van der Waals surface area contributed by atoms with Gasteiger partial charge in [-0.3, -0.25) is 4.98 Å². The third kappa shape index (κ3) is 3.41. The van der Waals surface area contributed by atoms with E-state index in [1.807, 2.05) is 44.3 Å². The first-order valence-corrected chi connectivity index (χ1v) is 8.97. The molecule has 0 fully saturated rings. The number of anilines is 3. The van der Waals surface area contributed by atoms with Crippen molar-refractivity contribution in [3.8, 4) is 23.1 Å². The van der Waals surface area contributed by atoms with Crippen LogP contribution < -0.4 is 15.4 Å². The molecular weight excluding hydrogens is 366 g/mol. The standard InChI is InChI=1S/C21H19N7O/c1-12-8-19(23-2)28-21(25-12)26-13-4-5-18(29-3)15(9-13)20-16(10-22)14-6-7-24-11-17(14)27-20/h4-9,11,27H,1-3H3,(H2,23,25,26,28). The minimum atomic E-state index is 0.479. The van der Waals surface area contributed by atoms with Crippen molar-refractivity contribution in [3.63, 3.8) is 0 Å². The first-order valence-electron chi connectivity index (χ1n) is 8.97. The number of nitrogens with zero attached hydrogens (tertiary/aromatic N) is 4. The number of hydrogen-bond acceptors (Lipinski definition) is 7. The second-order valence-corrected chi connectivity index (χ2v) is 6.42. The fourth-order valence-electron chi connectivity index (χ4n) is 3.22. The first kappa shape index (κ1) is 18.3. The smallest absolute Gasteiger partial charge is 0.229 e. The molecule has 3 aromatic heterocycles. The molecule has 0 amide bonds. The normalized spacial score (nSPS) is 10.6. The first-order chi connectivity index (χ1) is 14.1. The molecule has 0 unspecified atom stereocenters. The molecule has 8 nitrogen and oxygen atoms in total. The van der Waals surface area contributed by atoms with Gasteiger partial charge in [-0.05, 0) is 31.2 Å². The summed E-state index contributed by atoms with van der Waals surface area (Å²) < 4.78 is 5.54. The van der Waals surface area contributed by atoms with Gasteiger partial charge in [0.15, 0.2) is 0 Å². The Balaban J connectivity index is 1.81. The van der Waals surface area contributed by atoms with Crippen LogP contribution in [0.3, 0.4) is 0 Å². The number of aromatic amines is 1. The number of H-pyrrole nitrogens is 1. The Bertz CT molecular complexity index is 1240. The average Bonchev–Trinajstić information content (AvgIpc) is 3.11. The fraction of sp³-hybridized carbons (Fsp3) is 0.143. The van der Waals surface area contributed by atoms with Crippen LogP contribution in [0.1, 0.15) is 11.3 Å². The average molecular weight is 385 g/mol. The van der Waals surface area contributed by atoms with E-state index in [9.17, 15) is 5.26 Å². The molecule has 0 aliphatic carbocycles. The van der Waals surface area contributed by atoms with Crippen molar-refractivity contribution in [1.82, 2.24) is 19.9 Å². The maximum absolute atomic E-state index is 9.75. The predicted molar refractivity (Wildman–Crippen MR) is 112 cm³/mol. The van der Waals surface area contributed by atoms with Crippen LogP contribution >= 0.6 is 0 Å². The molecule has 29 heavy (non-hydrogen) atoms. The Morgan fingerprint density at radius 3 is 2.79 bits per heavy atom. The largest absolute Gasteiger partial charge is 0.496 e. The van der Waals surface area contributed by atoms with Gasteiger partial charge < -0.3 is 20.4 Å². The second-order valence-electron chi connectivity index (χ2n) is 6.42. The van der Waals surface area contributed by atoms with Gasteiger partial charge in [0.1, 0.15) is 17.6 Å². The molecule has 0 bridgehead atoms. The third-order valence-electron chi connectivity index (χ3n) is 4.55. The van der Waals surface area contributed by atoms with Crippen LogP contribution in [0.15, 0.2) is 42.7 Å². The molecule has 4 rings (SSSR count). The molecule has 1 aromatic carbocycles. The summed E-state index contributed by atoms with van der Waals surface area (Å²) in [5, 5.41) is 16.8. The van der Waals surface area contributed by atoms with Crippen LogP contribution in [-0.4, -0.2) is 34.1 Å². The number of aromatic nitrogens is 4. The molecule has 0 radical (unpaired) electrons. The topological polar surface area (TPSA) is 112 Å². The van der Waals surface area contributed by atoms with Crippen LogP contribution in [0.2, 0.25) is 0 Å². The molecule has 0 aliphatic rings. The lowest BCUT2D eigenvalue weighted by molar-refractivity contribution is 0.416. The van der Waals surface area contributed by atoms with E-state index < -0.39 is 0 Å². The van der Waals surface area contributed by atoms with Crippen molar-refractivity contribution >= 4 is 28.4 Å². The number of nitrogens with one attached hydrogen (secondary N) is 3. The van der Waals surface area contributed by atoms with E-state index in [4.69, 9.17) is 4.74 Å². The van der Waals surface area contributed by atoms with Crippen molar-refractivity contribution < 1.29 is 4.74 Å². The van der Waals surface area contributed by atoms with Gasteiger partial charge in [0.05, 0.1) is 30.1 Å². The zero-order valence-electron chi connectivity index (χ0n) is 16.2. The van der Waals surface area contributed by atoms with Gasteiger partial charge in [-0.2, -0.15) is 10.2 Å². The number of rotatable bonds is 5. The van der Waals surface area contributed by atoms with Gasteiger partial charge in [-0.15, -0.1) is 0 Å². The summed E-state index contributed by atoms with van der Waals surface area (Å²) in [4.78, 5) is 16.3. The second kappa shape index (κ2) is 7.48. The van der Waals surface area contributed by atoms with Crippen molar-refractivity contribution in [2.24, 2.45) is 0 Å². The van der Waals surface area contributed by atoms with Gasteiger partial charge in [0.2, 0.25) is 5.95 Å². The van der Waals surface area contributed by atoms with Crippen molar-refractivity contribution in [3.05, 3.63) is 54.0 Å². The zero-order chi connectivity index (χ0) is 20.4. The number of hydrogen-bond donors (Lipinski definition) is 3. The Hall–Kier alpha value is -4.12. The van der Waals surface area contributed by atoms with E-state index in [-0.39, 0.29) is 0 Å². The highest BCUT2D eigenvalue weighted by Gasteiger charge is 2.17. The maximum Gasteiger partial charge on any atom is 0.229 e. The molecule has 4 aromatic rings.